The lowest BCUT2D eigenvalue weighted by molar-refractivity contribution is 0.397. The van der Waals surface area contributed by atoms with Gasteiger partial charge < -0.3 is 10.1 Å². The van der Waals surface area contributed by atoms with Gasteiger partial charge in [-0.2, -0.15) is 0 Å². The normalized spacial score (nSPS) is 10.3. The largest absolute Gasteiger partial charge is 0.481 e. The van der Waals surface area contributed by atoms with E-state index in [4.69, 9.17) is 4.74 Å². The molecule has 2 aromatic heterocycles. The second-order valence-electron chi connectivity index (χ2n) is 3.28. The third kappa shape index (κ3) is 3.01. The molecule has 0 aliphatic rings. The van der Waals surface area contributed by atoms with Gasteiger partial charge in [-0.1, -0.05) is 0 Å². The van der Waals surface area contributed by atoms with Gasteiger partial charge in [0.2, 0.25) is 5.88 Å². The number of nitrogens with one attached hydrogen (secondary N) is 1. The first-order valence-corrected chi connectivity index (χ1v) is 5.83. The summed E-state index contributed by atoms with van der Waals surface area (Å²) in [6.07, 6.45) is 3.63. The van der Waals surface area contributed by atoms with Crippen LogP contribution in [0.15, 0.2) is 30.0 Å². The summed E-state index contributed by atoms with van der Waals surface area (Å²) in [6.45, 7) is 1.64. The highest BCUT2D eigenvalue weighted by Gasteiger charge is 1.98. The maximum Gasteiger partial charge on any atom is 0.213 e. The summed E-state index contributed by atoms with van der Waals surface area (Å²) < 4.78 is 5.06. The molecule has 0 aromatic carbocycles. The predicted octanol–water partition coefficient (Wildman–Crippen LogP) is 1.84. The summed E-state index contributed by atoms with van der Waals surface area (Å²) in [5, 5.41) is 3.34. The molecule has 1 N–H and O–H groups in total. The lowest BCUT2D eigenvalue weighted by atomic mass is 10.2. The first-order chi connectivity index (χ1) is 7.88. The summed E-state index contributed by atoms with van der Waals surface area (Å²) in [7, 11) is 1.62. The minimum Gasteiger partial charge on any atom is -0.481 e. The molecule has 0 unspecified atom stereocenters. The number of hydrogen-bond acceptors (Lipinski definition) is 5. The van der Waals surface area contributed by atoms with E-state index in [1.54, 1.807) is 24.6 Å². The van der Waals surface area contributed by atoms with Gasteiger partial charge in [0.15, 0.2) is 0 Å². The molecule has 5 heteroatoms. The molecule has 2 heterocycles. The molecule has 0 aliphatic carbocycles. The van der Waals surface area contributed by atoms with Crippen molar-refractivity contribution in [3.63, 3.8) is 0 Å². The van der Waals surface area contributed by atoms with Gasteiger partial charge in [0.05, 0.1) is 12.6 Å². The average molecular weight is 235 g/mol. The SMILES string of the molecule is COc1cc(CNCc2cncs2)ccn1. The molecule has 2 aromatic rings. The Kier molecular flexibility index (Phi) is 3.85. The minimum absolute atomic E-state index is 0.650. The zero-order valence-corrected chi connectivity index (χ0v) is 9.83. The Labute approximate surface area is 98.3 Å². The van der Waals surface area contributed by atoms with E-state index in [9.17, 15) is 0 Å². The van der Waals surface area contributed by atoms with Gasteiger partial charge in [0.1, 0.15) is 0 Å². The van der Waals surface area contributed by atoms with Gasteiger partial charge in [-0.25, -0.2) is 4.98 Å². The van der Waals surface area contributed by atoms with Crippen LogP contribution in [0.2, 0.25) is 0 Å². The van der Waals surface area contributed by atoms with Crippen LogP contribution in [-0.4, -0.2) is 17.1 Å². The van der Waals surface area contributed by atoms with Crippen molar-refractivity contribution < 1.29 is 4.74 Å². The number of methoxy groups -OCH3 is 1. The summed E-state index contributed by atoms with van der Waals surface area (Å²) in [5.74, 6) is 0.650. The van der Waals surface area contributed by atoms with E-state index < -0.39 is 0 Å². The number of rotatable bonds is 5. The van der Waals surface area contributed by atoms with Crippen molar-refractivity contribution in [1.82, 2.24) is 15.3 Å². The average Bonchev–Trinajstić information content (AvgIpc) is 2.82. The molecule has 0 atom stereocenters. The molecule has 0 amide bonds. The summed E-state index contributed by atoms with van der Waals surface area (Å²) in [6, 6.07) is 3.90. The van der Waals surface area contributed by atoms with E-state index in [1.807, 2.05) is 23.8 Å². The Morgan fingerprint density at radius 2 is 2.38 bits per heavy atom. The lowest BCUT2D eigenvalue weighted by Crippen LogP contribution is -2.11. The van der Waals surface area contributed by atoms with Gasteiger partial charge in [-0.05, 0) is 11.6 Å². The number of nitrogens with zero attached hydrogens (tertiary/aromatic N) is 2. The van der Waals surface area contributed by atoms with Crippen molar-refractivity contribution in [2.75, 3.05) is 7.11 Å². The summed E-state index contributed by atoms with van der Waals surface area (Å²) in [4.78, 5) is 9.32. The number of pyridine rings is 1. The topological polar surface area (TPSA) is 47.0 Å². The molecule has 0 saturated heterocycles. The fourth-order valence-electron chi connectivity index (χ4n) is 1.33. The number of hydrogen-bond donors (Lipinski definition) is 1. The van der Waals surface area contributed by atoms with Crippen molar-refractivity contribution in [1.29, 1.82) is 0 Å². The number of aromatic nitrogens is 2. The van der Waals surface area contributed by atoms with Crippen molar-refractivity contribution in [2.24, 2.45) is 0 Å². The van der Waals surface area contributed by atoms with Gasteiger partial charge >= 0.3 is 0 Å². The Hall–Kier alpha value is -1.46. The zero-order chi connectivity index (χ0) is 11.2. The van der Waals surface area contributed by atoms with Crippen LogP contribution in [0.1, 0.15) is 10.4 Å². The van der Waals surface area contributed by atoms with Gasteiger partial charge in [-0.15, -0.1) is 11.3 Å². The molecule has 0 saturated carbocycles. The molecule has 4 nitrogen and oxygen atoms in total. The molecule has 0 fully saturated rings. The van der Waals surface area contributed by atoms with Gasteiger partial charge in [0, 0.05) is 36.4 Å². The molecule has 0 spiro atoms. The van der Waals surface area contributed by atoms with Crippen molar-refractivity contribution in [3.8, 4) is 5.88 Å². The molecular weight excluding hydrogens is 222 g/mol. The van der Waals surface area contributed by atoms with Crippen LogP contribution in [0.5, 0.6) is 5.88 Å². The maximum atomic E-state index is 5.06. The van der Waals surface area contributed by atoms with Crippen LogP contribution >= 0.6 is 11.3 Å². The zero-order valence-electron chi connectivity index (χ0n) is 9.01. The van der Waals surface area contributed by atoms with Crippen LogP contribution in [-0.2, 0) is 13.1 Å². The highest BCUT2D eigenvalue weighted by molar-refractivity contribution is 7.09. The van der Waals surface area contributed by atoms with Crippen molar-refractivity contribution >= 4 is 11.3 Å². The first kappa shape index (κ1) is 11.0. The highest BCUT2D eigenvalue weighted by atomic mass is 32.1. The van der Waals surface area contributed by atoms with E-state index in [0.29, 0.717) is 5.88 Å². The third-order valence-electron chi connectivity index (χ3n) is 2.12. The Morgan fingerprint density at radius 3 is 3.12 bits per heavy atom. The molecule has 0 radical (unpaired) electrons. The van der Waals surface area contributed by atoms with Crippen LogP contribution < -0.4 is 10.1 Å². The Balaban J connectivity index is 1.85. The summed E-state index contributed by atoms with van der Waals surface area (Å²) >= 11 is 1.66. The van der Waals surface area contributed by atoms with Crippen LogP contribution in [0, 0.1) is 0 Å². The van der Waals surface area contributed by atoms with Gasteiger partial charge in [-0.3, -0.25) is 4.98 Å². The fourth-order valence-corrected chi connectivity index (χ4v) is 1.90. The highest BCUT2D eigenvalue weighted by Crippen LogP contribution is 2.09. The van der Waals surface area contributed by atoms with Crippen LogP contribution in [0.4, 0.5) is 0 Å². The van der Waals surface area contributed by atoms with Crippen LogP contribution in [0.25, 0.3) is 0 Å². The second kappa shape index (κ2) is 5.58. The van der Waals surface area contributed by atoms with Crippen molar-refractivity contribution in [3.05, 3.63) is 40.5 Å². The van der Waals surface area contributed by atoms with E-state index in [-0.39, 0.29) is 0 Å². The standard InChI is InChI=1S/C11H13N3OS/c1-15-11-4-9(2-3-14-11)5-12-6-10-7-13-8-16-10/h2-4,7-8,12H,5-6H2,1H3. The Morgan fingerprint density at radius 1 is 1.44 bits per heavy atom. The first-order valence-electron chi connectivity index (χ1n) is 4.95. The van der Waals surface area contributed by atoms with E-state index in [1.165, 1.54) is 4.88 Å². The van der Waals surface area contributed by atoms with Crippen LogP contribution in [0.3, 0.4) is 0 Å². The minimum atomic E-state index is 0.650. The van der Waals surface area contributed by atoms with Gasteiger partial charge in [0.25, 0.3) is 0 Å². The smallest absolute Gasteiger partial charge is 0.213 e. The summed E-state index contributed by atoms with van der Waals surface area (Å²) in [5.41, 5.74) is 3.00. The predicted molar refractivity (Wildman–Crippen MR) is 63.4 cm³/mol. The lowest BCUT2D eigenvalue weighted by Gasteiger charge is -2.04. The van der Waals surface area contributed by atoms with Crippen molar-refractivity contribution in [2.45, 2.75) is 13.1 Å². The monoisotopic (exact) mass is 235 g/mol. The molecular formula is C11H13N3OS. The quantitative estimate of drug-likeness (QED) is 0.859. The van der Waals surface area contributed by atoms with E-state index in [0.717, 1.165) is 18.7 Å². The van der Waals surface area contributed by atoms with E-state index in [2.05, 4.69) is 15.3 Å². The third-order valence-corrected chi connectivity index (χ3v) is 2.90. The Bertz CT molecular complexity index is 431. The molecule has 16 heavy (non-hydrogen) atoms. The molecule has 0 bridgehead atoms. The number of thiazole rings is 1. The fraction of sp³-hybridized carbons (Fsp3) is 0.273. The second-order valence-corrected chi connectivity index (χ2v) is 4.25. The maximum absolute atomic E-state index is 5.06. The molecule has 84 valence electrons. The molecule has 0 aliphatic heterocycles. The number of ether oxygens (including phenoxy) is 1. The molecule has 2 rings (SSSR count). The van der Waals surface area contributed by atoms with E-state index >= 15 is 0 Å².